The lowest BCUT2D eigenvalue weighted by Crippen LogP contribution is -2.63. The van der Waals surface area contributed by atoms with E-state index in [0.717, 1.165) is 32.1 Å². The van der Waals surface area contributed by atoms with E-state index in [9.17, 15) is 0 Å². The highest BCUT2D eigenvalue weighted by atomic mass is 15.4. The maximum absolute atomic E-state index is 4.83. The summed E-state index contributed by atoms with van der Waals surface area (Å²) >= 11 is 0. The third-order valence-electron chi connectivity index (χ3n) is 6.54. The number of aliphatic imine (C=N–C) groups is 1. The average Bonchev–Trinajstić information content (AvgIpc) is 2.78. The van der Waals surface area contributed by atoms with Crippen LogP contribution in [-0.4, -0.2) is 85.6 Å². The van der Waals surface area contributed by atoms with Gasteiger partial charge in [-0.05, 0) is 44.0 Å². The van der Waals surface area contributed by atoms with Gasteiger partial charge in [-0.1, -0.05) is 30.7 Å². The van der Waals surface area contributed by atoms with E-state index >= 15 is 0 Å². The van der Waals surface area contributed by atoms with E-state index in [0.29, 0.717) is 6.04 Å². The van der Waals surface area contributed by atoms with Crippen LogP contribution in [0.25, 0.3) is 0 Å². The van der Waals surface area contributed by atoms with Gasteiger partial charge in [-0.15, -0.1) is 0 Å². The molecule has 1 atom stereocenters. The predicted molar refractivity (Wildman–Crippen MR) is 120 cm³/mol. The highest BCUT2D eigenvalue weighted by Crippen LogP contribution is 2.15. The Hall–Kier alpha value is -1.63. The highest BCUT2D eigenvalue weighted by molar-refractivity contribution is 5.79. The normalized spacial score (nSPS) is 27.8. The summed E-state index contributed by atoms with van der Waals surface area (Å²) in [6.07, 6.45) is 4.10. The van der Waals surface area contributed by atoms with Gasteiger partial charge < -0.3 is 10.6 Å². The molecule has 0 aromatic heterocycles. The van der Waals surface area contributed by atoms with E-state index in [1.807, 2.05) is 0 Å². The molecule has 4 heterocycles. The van der Waals surface area contributed by atoms with Crippen LogP contribution in [0.5, 0.6) is 0 Å². The first-order valence-electron chi connectivity index (χ1n) is 11.6. The maximum Gasteiger partial charge on any atom is 0.191 e. The summed E-state index contributed by atoms with van der Waals surface area (Å²) in [5.74, 6) is 0.933. The summed E-state index contributed by atoms with van der Waals surface area (Å²) in [5.41, 5.74) is 2.69. The Bertz CT molecular complexity index is 644. The first kappa shape index (κ1) is 20.6. The molecule has 0 radical (unpaired) electrons. The predicted octanol–water partition coefficient (Wildman–Crippen LogP) is 1.73. The molecule has 160 valence electrons. The molecule has 0 amide bonds. The van der Waals surface area contributed by atoms with Crippen molar-refractivity contribution in [3.05, 3.63) is 35.4 Å². The van der Waals surface area contributed by atoms with Crippen molar-refractivity contribution in [3.8, 4) is 0 Å². The number of nitrogens with zero attached hydrogens (tertiary/aromatic N) is 4. The van der Waals surface area contributed by atoms with Crippen LogP contribution in [0.1, 0.15) is 37.3 Å². The number of fused-ring (bicyclic) bond motifs is 3. The Morgan fingerprint density at radius 1 is 0.931 bits per heavy atom. The number of piperazine rings is 3. The van der Waals surface area contributed by atoms with Crippen LogP contribution >= 0.6 is 0 Å². The molecule has 1 aromatic rings. The number of guanidine groups is 1. The van der Waals surface area contributed by atoms with Crippen LogP contribution in [0, 0.1) is 0 Å². The van der Waals surface area contributed by atoms with Crippen molar-refractivity contribution in [2.75, 3.05) is 58.9 Å². The number of likely N-dealkylation sites (tertiary alicyclic amines) is 1. The van der Waals surface area contributed by atoms with Crippen LogP contribution in [0.15, 0.2) is 29.3 Å². The van der Waals surface area contributed by atoms with E-state index in [-0.39, 0.29) is 0 Å². The van der Waals surface area contributed by atoms with Crippen molar-refractivity contribution in [1.82, 2.24) is 25.3 Å². The van der Waals surface area contributed by atoms with E-state index in [1.54, 1.807) is 0 Å². The molecule has 5 rings (SSSR count). The third-order valence-corrected chi connectivity index (χ3v) is 6.54. The molecule has 4 saturated heterocycles. The third kappa shape index (κ3) is 5.93. The lowest BCUT2D eigenvalue weighted by atomic mass is 10.1. The zero-order chi connectivity index (χ0) is 19.9. The fourth-order valence-electron chi connectivity index (χ4n) is 4.77. The number of hydrogen-bond donors (Lipinski definition) is 2. The lowest BCUT2D eigenvalue weighted by molar-refractivity contribution is 0.0154. The SMILES string of the molecule is CCNC(=NCc1ccc(CN2CCCCC2)cc1)NCC1CN2CCN1CC2. The van der Waals surface area contributed by atoms with Gasteiger partial charge in [0, 0.05) is 58.4 Å². The lowest BCUT2D eigenvalue weighted by Gasteiger charge is -2.47. The summed E-state index contributed by atoms with van der Waals surface area (Å²) in [6, 6.07) is 9.65. The Labute approximate surface area is 176 Å². The van der Waals surface area contributed by atoms with E-state index in [4.69, 9.17) is 4.99 Å². The van der Waals surface area contributed by atoms with Gasteiger partial charge in [-0.2, -0.15) is 0 Å². The summed E-state index contributed by atoms with van der Waals surface area (Å²) in [5, 5.41) is 6.98. The Kier molecular flexibility index (Phi) is 7.41. The van der Waals surface area contributed by atoms with Gasteiger partial charge >= 0.3 is 0 Å². The van der Waals surface area contributed by atoms with Crippen LogP contribution in [0.3, 0.4) is 0 Å². The molecule has 4 fully saturated rings. The minimum absolute atomic E-state index is 0.607. The molecule has 4 aliphatic rings. The van der Waals surface area contributed by atoms with Crippen molar-refractivity contribution in [2.24, 2.45) is 4.99 Å². The van der Waals surface area contributed by atoms with Crippen molar-refractivity contribution >= 4 is 5.96 Å². The summed E-state index contributed by atoms with van der Waals surface area (Å²) in [6.45, 7) is 14.4. The maximum atomic E-state index is 4.83. The Morgan fingerprint density at radius 2 is 1.66 bits per heavy atom. The summed E-state index contributed by atoms with van der Waals surface area (Å²) in [7, 11) is 0. The molecule has 1 aromatic carbocycles. The number of benzene rings is 1. The first-order chi connectivity index (χ1) is 14.3. The minimum atomic E-state index is 0.607. The molecular weight excluding hydrogens is 360 g/mol. The van der Waals surface area contributed by atoms with Gasteiger partial charge in [0.15, 0.2) is 5.96 Å². The molecule has 2 bridgehead atoms. The first-order valence-corrected chi connectivity index (χ1v) is 11.6. The average molecular weight is 399 g/mol. The Balaban J connectivity index is 1.27. The van der Waals surface area contributed by atoms with Gasteiger partial charge in [-0.25, -0.2) is 4.99 Å². The second-order valence-corrected chi connectivity index (χ2v) is 8.72. The van der Waals surface area contributed by atoms with Crippen molar-refractivity contribution in [2.45, 2.75) is 45.3 Å². The van der Waals surface area contributed by atoms with Crippen LogP contribution in [0.4, 0.5) is 0 Å². The van der Waals surface area contributed by atoms with Crippen LogP contribution in [0.2, 0.25) is 0 Å². The molecule has 0 spiro atoms. The molecule has 0 aliphatic carbocycles. The largest absolute Gasteiger partial charge is 0.357 e. The van der Waals surface area contributed by atoms with Crippen molar-refractivity contribution in [1.29, 1.82) is 0 Å². The summed E-state index contributed by atoms with van der Waals surface area (Å²) in [4.78, 5) is 12.6. The van der Waals surface area contributed by atoms with Gasteiger partial charge in [-0.3, -0.25) is 14.7 Å². The molecule has 6 nitrogen and oxygen atoms in total. The summed E-state index contributed by atoms with van der Waals surface area (Å²) < 4.78 is 0. The smallest absolute Gasteiger partial charge is 0.191 e. The van der Waals surface area contributed by atoms with E-state index in [2.05, 4.69) is 56.5 Å². The van der Waals surface area contributed by atoms with Crippen LogP contribution < -0.4 is 10.6 Å². The van der Waals surface area contributed by atoms with E-state index < -0.39 is 0 Å². The van der Waals surface area contributed by atoms with Crippen molar-refractivity contribution < 1.29 is 0 Å². The molecule has 4 aliphatic heterocycles. The molecule has 2 N–H and O–H groups in total. The molecule has 1 unspecified atom stereocenters. The number of piperidine rings is 1. The highest BCUT2D eigenvalue weighted by Gasteiger charge is 2.31. The van der Waals surface area contributed by atoms with E-state index in [1.165, 1.54) is 76.2 Å². The molecular formula is C23H38N6. The zero-order valence-corrected chi connectivity index (χ0v) is 18.1. The quantitative estimate of drug-likeness (QED) is 0.541. The molecule has 29 heavy (non-hydrogen) atoms. The number of nitrogens with one attached hydrogen (secondary N) is 2. The topological polar surface area (TPSA) is 46.1 Å². The fraction of sp³-hybridized carbons (Fsp3) is 0.696. The van der Waals surface area contributed by atoms with Gasteiger partial charge in [0.1, 0.15) is 0 Å². The van der Waals surface area contributed by atoms with Gasteiger partial charge in [0.25, 0.3) is 0 Å². The standard InChI is InChI=1S/C23H38N6/c1-2-24-23(26-17-22-19-28-12-14-29(22)15-13-28)25-16-20-6-8-21(9-7-20)18-27-10-4-3-5-11-27/h6-9,22H,2-5,10-19H2,1H3,(H2,24,25,26). The Morgan fingerprint density at radius 3 is 2.31 bits per heavy atom. The number of hydrogen-bond acceptors (Lipinski definition) is 4. The molecule has 0 saturated carbocycles. The second kappa shape index (κ2) is 10.4. The fourth-order valence-corrected chi connectivity index (χ4v) is 4.77. The molecule has 6 heteroatoms. The second-order valence-electron chi connectivity index (χ2n) is 8.72. The van der Waals surface area contributed by atoms with Gasteiger partial charge in [0.2, 0.25) is 0 Å². The minimum Gasteiger partial charge on any atom is -0.357 e. The van der Waals surface area contributed by atoms with Crippen LogP contribution in [-0.2, 0) is 13.1 Å². The van der Waals surface area contributed by atoms with Gasteiger partial charge in [0.05, 0.1) is 6.54 Å². The number of rotatable bonds is 7. The monoisotopic (exact) mass is 398 g/mol. The zero-order valence-electron chi connectivity index (χ0n) is 18.1. The van der Waals surface area contributed by atoms with Crippen molar-refractivity contribution in [3.63, 3.8) is 0 Å².